The molecule has 0 spiro atoms. The molecule has 1 amide bonds. The summed E-state index contributed by atoms with van der Waals surface area (Å²) in [6.45, 7) is 4.20. The fourth-order valence-electron chi connectivity index (χ4n) is 2.43. The fourth-order valence-corrected chi connectivity index (χ4v) is 3.05. The van der Waals surface area contributed by atoms with Crippen molar-refractivity contribution >= 4 is 29.4 Å². The number of aryl methyl sites for hydroxylation is 1. The quantitative estimate of drug-likeness (QED) is 0.271. The molecule has 3 rings (SSSR count). The van der Waals surface area contributed by atoms with E-state index >= 15 is 0 Å². The third-order valence-electron chi connectivity index (χ3n) is 3.88. The Hall–Kier alpha value is -3.45. The molecule has 0 bridgehead atoms. The first kappa shape index (κ1) is 20.3. The van der Waals surface area contributed by atoms with E-state index < -0.39 is 5.97 Å². The summed E-state index contributed by atoms with van der Waals surface area (Å²) >= 11 is 1.34. The molecular formula is C22H20N2O4S. The molecule has 0 saturated carbocycles. The molecule has 0 radical (unpaired) electrons. The average Bonchev–Trinajstić information content (AvgIpc) is 3.25. The molecule has 2 aromatic carbocycles. The summed E-state index contributed by atoms with van der Waals surface area (Å²) in [6.07, 6.45) is 1.50. The van der Waals surface area contributed by atoms with Gasteiger partial charge >= 0.3 is 5.97 Å². The molecule has 0 aliphatic carbocycles. The molecule has 0 unspecified atom stereocenters. The van der Waals surface area contributed by atoms with Crippen molar-refractivity contribution in [2.24, 2.45) is 5.10 Å². The third-order valence-corrected chi connectivity index (χ3v) is 4.75. The molecule has 0 atom stereocenters. The van der Waals surface area contributed by atoms with Crippen molar-refractivity contribution in [3.8, 4) is 11.5 Å². The number of hydrogen-bond donors (Lipinski definition) is 1. The fraction of sp³-hybridized carbons (Fsp3) is 0.136. The zero-order chi connectivity index (χ0) is 20.6. The zero-order valence-corrected chi connectivity index (χ0v) is 16.9. The Bertz CT molecular complexity index is 1010. The van der Waals surface area contributed by atoms with E-state index in [1.54, 1.807) is 42.5 Å². The number of ether oxygens (including phenoxy) is 2. The van der Waals surface area contributed by atoms with Crippen LogP contribution in [0.4, 0.5) is 0 Å². The van der Waals surface area contributed by atoms with Gasteiger partial charge in [-0.25, -0.2) is 10.2 Å². The zero-order valence-electron chi connectivity index (χ0n) is 16.0. The summed E-state index contributed by atoms with van der Waals surface area (Å²) in [6, 6.07) is 15.7. The largest absolute Gasteiger partial charge is 0.490 e. The number of hydrogen-bond acceptors (Lipinski definition) is 6. The van der Waals surface area contributed by atoms with Crippen LogP contribution in [0.2, 0.25) is 0 Å². The van der Waals surface area contributed by atoms with Gasteiger partial charge in [0.2, 0.25) is 0 Å². The minimum atomic E-state index is -0.462. The van der Waals surface area contributed by atoms with Crippen LogP contribution in [0.1, 0.15) is 38.1 Å². The first-order valence-electron chi connectivity index (χ1n) is 8.99. The number of rotatable bonds is 7. The van der Waals surface area contributed by atoms with E-state index in [0.717, 1.165) is 5.56 Å². The van der Waals surface area contributed by atoms with E-state index in [4.69, 9.17) is 9.47 Å². The van der Waals surface area contributed by atoms with Gasteiger partial charge in [0.1, 0.15) is 0 Å². The van der Waals surface area contributed by atoms with Crippen LogP contribution in [-0.2, 0) is 0 Å². The van der Waals surface area contributed by atoms with Gasteiger partial charge in [0, 0.05) is 0 Å². The molecule has 0 aliphatic heterocycles. The van der Waals surface area contributed by atoms with Gasteiger partial charge in [-0.05, 0) is 61.2 Å². The summed E-state index contributed by atoms with van der Waals surface area (Å²) < 4.78 is 11.1. The Morgan fingerprint density at radius 2 is 1.90 bits per heavy atom. The maximum atomic E-state index is 12.4. The van der Waals surface area contributed by atoms with Crippen LogP contribution in [-0.4, -0.2) is 24.7 Å². The normalized spacial score (nSPS) is 10.7. The highest BCUT2D eigenvalue weighted by atomic mass is 32.1. The van der Waals surface area contributed by atoms with Crippen LogP contribution in [0.5, 0.6) is 11.5 Å². The molecule has 0 saturated heterocycles. The molecule has 0 fully saturated rings. The molecule has 1 aromatic heterocycles. The van der Waals surface area contributed by atoms with Gasteiger partial charge in [-0.15, -0.1) is 11.3 Å². The summed E-state index contributed by atoms with van der Waals surface area (Å²) in [7, 11) is 0. The summed E-state index contributed by atoms with van der Waals surface area (Å²) in [4.78, 5) is 24.9. The number of benzene rings is 2. The van der Waals surface area contributed by atoms with Crippen molar-refractivity contribution in [2.75, 3.05) is 6.61 Å². The van der Waals surface area contributed by atoms with Gasteiger partial charge in [-0.3, -0.25) is 4.79 Å². The number of amides is 1. The maximum absolute atomic E-state index is 12.4. The average molecular weight is 408 g/mol. The Labute approximate surface area is 172 Å². The minimum Gasteiger partial charge on any atom is -0.490 e. The van der Waals surface area contributed by atoms with Gasteiger partial charge in [0.05, 0.1) is 23.3 Å². The predicted molar refractivity (Wildman–Crippen MR) is 113 cm³/mol. The Morgan fingerprint density at radius 1 is 1.10 bits per heavy atom. The highest BCUT2D eigenvalue weighted by Crippen LogP contribution is 2.29. The Kier molecular flexibility index (Phi) is 6.76. The summed E-state index contributed by atoms with van der Waals surface area (Å²) in [5, 5.41) is 5.79. The van der Waals surface area contributed by atoms with Crippen LogP contribution in [0.15, 0.2) is 65.1 Å². The van der Waals surface area contributed by atoms with Gasteiger partial charge in [-0.2, -0.15) is 5.10 Å². The monoisotopic (exact) mass is 408 g/mol. The minimum absolute atomic E-state index is 0.273. The molecule has 1 N–H and O–H groups in total. The van der Waals surface area contributed by atoms with E-state index in [1.807, 2.05) is 31.4 Å². The summed E-state index contributed by atoms with van der Waals surface area (Å²) in [5.41, 5.74) is 4.68. The van der Waals surface area contributed by atoms with Gasteiger partial charge < -0.3 is 9.47 Å². The van der Waals surface area contributed by atoms with E-state index in [-0.39, 0.29) is 5.91 Å². The highest BCUT2D eigenvalue weighted by Gasteiger charge is 2.13. The van der Waals surface area contributed by atoms with Crippen LogP contribution in [0.3, 0.4) is 0 Å². The first-order valence-corrected chi connectivity index (χ1v) is 9.87. The van der Waals surface area contributed by atoms with Crippen LogP contribution in [0.25, 0.3) is 0 Å². The standard InChI is InChI=1S/C22H20N2O4S/c1-3-27-19-13-16(14-23-24-21(25)20-5-4-12-29-20)8-11-18(19)28-22(26)17-9-6-15(2)7-10-17/h4-14H,3H2,1-2H3,(H,24,25)/b23-14+. The third kappa shape index (κ3) is 5.52. The smallest absolute Gasteiger partial charge is 0.343 e. The van der Waals surface area contributed by atoms with Gasteiger partial charge in [0.15, 0.2) is 11.5 Å². The van der Waals surface area contributed by atoms with Crippen molar-refractivity contribution in [3.63, 3.8) is 0 Å². The van der Waals surface area contributed by atoms with Crippen molar-refractivity contribution in [3.05, 3.63) is 81.5 Å². The Morgan fingerprint density at radius 3 is 2.59 bits per heavy atom. The van der Waals surface area contributed by atoms with Gasteiger partial charge in [0.25, 0.3) is 5.91 Å². The van der Waals surface area contributed by atoms with E-state index in [1.165, 1.54) is 17.6 Å². The van der Waals surface area contributed by atoms with Crippen LogP contribution < -0.4 is 14.9 Å². The van der Waals surface area contributed by atoms with E-state index in [2.05, 4.69) is 10.5 Å². The number of esters is 1. The first-order chi connectivity index (χ1) is 14.1. The lowest BCUT2D eigenvalue weighted by atomic mass is 10.1. The van der Waals surface area contributed by atoms with E-state index in [9.17, 15) is 9.59 Å². The predicted octanol–water partition coefficient (Wildman–Crippen LogP) is 4.44. The number of nitrogens with one attached hydrogen (secondary N) is 1. The second-order valence-corrected chi connectivity index (χ2v) is 7.02. The topological polar surface area (TPSA) is 77.0 Å². The van der Waals surface area contributed by atoms with Crippen LogP contribution >= 0.6 is 11.3 Å². The lowest BCUT2D eigenvalue weighted by molar-refractivity contribution is 0.0728. The van der Waals surface area contributed by atoms with Crippen LogP contribution in [0, 0.1) is 6.92 Å². The number of carbonyl (C=O) groups is 2. The van der Waals surface area contributed by atoms with E-state index in [0.29, 0.717) is 34.1 Å². The molecule has 7 heteroatoms. The maximum Gasteiger partial charge on any atom is 0.343 e. The lowest BCUT2D eigenvalue weighted by Crippen LogP contribution is -2.16. The number of thiophene rings is 1. The molecule has 148 valence electrons. The van der Waals surface area contributed by atoms with Crippen molar-refractivity contribution in [2.45, 2.75) is 13.8 Å². The molecule has 6 nitrogen and oxygen atoms in total. The second-order valence-electron chi connectivity index (χ2n) is 6.07. The molecule has 29 heavy (non-hydrogen) atoms. The molecule has 1 heterocycles. The lowest BCUT2D eigenvalue weighted by Gasteiger charge is -2.11. The second kappa shape index (κ2) is 9.66. The highest BCUT2D eigenvalue weighted by molar-refractivity contribution is 7.12. The van der Waals surface area contributed by atoms with Crippen molar-refractivity contribution < 1.29 is 19.1 Å². The number of carbonyl (C=O) groups excluding carboxylic acids is 2. The number of nitrogens with zero attached hydrogens (tertiary/aromatic N) is 1. The SMILES string of the molecule is CCOc1cc(/C=N/NC(=O)c2cccs2)ccc1OC(=O)c1ccc(C)cc1. The van der Waals surface area contributed by atoms with Crippen molar-refractivity contribution in [1.29, 1.82) is 0 Å². The van der Waals surface area contributed by atoms with Crippen molar-refractivity contribution in [1.82, 2.24) is 5.43 Å². The number of hydrazone groups is 1. The van der Waals surface area contributed by atoms with Gasteiger partial charge in [-0.1, -0.05) is 23.8 Å². The molecule has 3 aromatic rings. The molecule has 0 aliphatic rings. The molecular weight excluding hydrogens is 388 g/mol. The summed E-state index contributed by atoms with van der Waals surface area (Å²) in [5.74, 6) is -0.000739. The Balaban J connectivity index is 1.70.